The van der Waals surface area contributed by atoms with Gasteiger partial charge in [-0.2, -0.15) is 0 Å². The van der Waals surface area contributed by atoms with Crippen LogP contribution in [0.2, 0.25) is 0 Å². The summed E-state index contributed by atoms with van der Waals surface area (Å²) in [5.74, 6) is -1.00. The summed E-state index contributed by atoms with van der Waals surface area (Å²) in [7, 11) is 0. The Balaban J connectivity index is 1.41. The molecule has 0 bridgehead atoms. The quantitative estimate of drug-likeness (QED) is 0.225. The van der Waals surface area contributed by atoms with E-state index in [1.54, 1.807) is 18.2 Å². The number of hydrogen-bond donors (Lipinski definition) is 1. The van der Waals surface area contributed by atoms with Gasteiger partial charge in [-0.3, -0.25) is 4.79 Å². The molecular weight excluding hydrogens is 557 g/mol. The highest BCUT2D eigenvalue weighted by atomic mass is 19.1. The van der Waals surface area contributed by atoms with Gasteiger partial charge in [-0.25, -0.2) is 14.2 Å². The molecule has 2 fully saturated rings. The summed E-state index contributed by atoms with van der Waals surface area (Å²) in [5, 5.41) is 11.8. The highest BCUT2D eigenvalue weighted by molar-refractivity contribution is 6.00. The van der Waals surface area contributed by atoms with Crippen LogP contribution in [0.5, 0.6) is 0 Å². The predicted molar refractivity (Wildman–Crippen MR) is 168 cm³/mol. The van der Waals surface area contributed by atoms with Crippen LogP contribution < -0.4 is 0 Å². The molecule has 0 atom stereocenters. The highest BCUT2D eigenvalue weighted by Gasteiger charge is 2.29. The van der Waals surface area contributed by atoms with E-state index in [1.807, 2.05) is 45.9 Å². The second-order valence-electron chi connectivity index (χ2n) is 11.8. The normalized spacial score (nSPS) is 16.1. The van der Waals surface area contributed by atoms with Crippen LogP contribution >= 0.6 is 0 Å². The average molecular weight is 592 g/mol. The number of carbonyl (C=O) groups excluding carboxylic acids is 1. The number of amides is 1. The van der Waals surface area contributed by atoms with Crippen LogP contribution in [-0.2, 0) is 16.1 Å². The third kappa shape index (κ3) is 5.35. The number of carboxylic acids is 1. The molecule has 2 aliphatic rings. The second kappa shape index (κ2) is 11.8. The van der Waals surface area contributed by atoms with E-state index < -0.39 is 5.97 Å². The molecular formula is C36H34FN3O4. The van der Waals surface area contributed by atoms with Crippen molar-refractivity contribution in [3.8, 4) is 22.5 Å². The molecule has 0 radical (unpaired) electrons. The Labute approximate surface area is 254 Å². The molecule has 3 heterocycles. The van der Waals surface area contributed by atoms with Gasteiger partial charge in [-0.15, -0.1) is 0 Å². The minimum absolute atomic E-state index is 0.00966. The van der Waals surface area contributed by atoms with Gasteiger partial charge in [0.2, 0.25) is 5.91 Å². The van der Waals surface area contributed by atoms with Crippen molar-refractivity contribution in [2.24, 2.45) is 0 Å². The first-order valence-electron chi connectivity index (χ1n) is 15.4. The molecule has 1 saturated heterocycles. The molecule has 3 aromatic carbocycles. The fourth-order valence-electron chi connectivity index (χ4n) is 6.92. The third-order valence-electron chi connectivity index (χ3n) is 9.10. The standard InChI is InChI=1S/C36H34FN3O4/c37-28-8-4-7-24(20-28)30-13-10-25-19-26(11-14-31(25)38-30)35-34(23-5-2-1-3-6-23)29-12-9-27(36(42)43)21-32(29)40(35)22-33(41)39-15-17-44-18-16-39/h4,7-14,19-21,23H,1-3,5-6,15-18,22H2,(H,42,43). The zero-order valence-electron chi connectivity index (χ0n) is 24.5. The van der Waals surface area contributed by atoms with E-state index in [0.717, 1.165) is 58.7 Å². The van der Waals surface area contributed by atoms with E-state index >= 15 is 0 Å². The lowest BCUT2D eigenvalue weighted by Gasteiger charge is -2.28. The number of nitrogens with zero attached hydrogens (tertiary/aromatic N) is 3. The van der Waals surface area contributed by atoms with E-state index in [2.05, 4.69) is 6.07 Å². The minimum Gasteiger partial charge on any atom is -0.478 e. The van der Waals surface area contributed by atoms with Crippen LogP contribution in [-0.4, -0.2) is 57.7 Å². The minimum atomic E-state index is -0.995. The third-order valence-corrected chi connectivity index (χ3v) is 9.10. The molecule has 7 nitrogen and oxygen atoms in total. The molecule has 1 N–H and O–H groups in total. The first-order chi connectivity index (χ1) is 21.5. The van der Waals surface area contributed by atoms with Crippen molar-refractivity contribution in [1.82, 2.24) is 14.5 Å². The lowest BCUT2D eigenvalue weighted by Crippen LogP contribution is -2.42. The Kier molecular flexibility index (Phi) is 7.60. The van der Waals surface area contributed by atoms with Crippen LogP contribution in [0.1, 0.15) is 53.9 Å². The van der Waals surface area contributed by atoms with Crippen molar-refractivity contribution >= 4 is 33.7 Å². The van der Waals surface area contributed by atoms with Crippen LogP contribution in [0.3, 0.4) is 0 Å². The van der Waals surface area contributed by atoms with E-state index in [4.69, 9.17) is 9.72 Å². The SMILES string of the molecule is O=C(O)c1ccc2c(C3CCCCC3)c(-c3ccc4nc(-c5cccc(F)c5)ccc4c3)n(CC(=O)N3CCOCC3)c2c1. The molecule has 2 aromatic heterocycles. The molecule has 1 saturated carbocycles. The number of rotatable bonds is 6. The molecule has 8 heteroatoms. The van der Waals surface area contributed by atoms with Gasteiger partial charge in [0.1, 0.15) is 12.4 Å². The van der Waals surface area contributed by atoms with Crippen molar-refractivity contribution < 1.29 is 23.8 Å². The maximum Gasteiger partial charge on any atom is 0.335 e. The Hall–Kier alpha value is -4.56. The maximum atomic E-state index is 13.9. The van der Waals surface area contributed by atoms with Gasteiger partial charge < -0.3 is 19.3 Å². The molecule has 44 heavy (non-hydrogen) atoms. The second-order valence-corrected chi connectivity index (χ2v) is 11.8. The molecule has 1 aliphatic heterocycles. The smallest absolute Gasteiger partial charge is 0.335 e. The van der Waals surface area contributed by atoms with E-state index in [0.29, 0.717) is 43.5 Å². The van der Waals surface area contributed by atoms with Gasteiger partial charge in [-0.05, 0) is 72.4 Å². The van der Waals surface area contributed by atoms with Gasteiger partial charge in [0.15, 0.2) is 0 Å². The topological polar surface area (TPSA) is 84.7 Å². The highest BCUT2D eigenvalue weighted by Crippen LogP contribution is 2.45. The Bertz CT molecular complexity index is 1890. The van der Waals surface area contributed by atoms with Crippen molar-refractivity contribution in [3.63, 3.8) is 0 Å². The number of morpholine rings is 1. The van der Waals surface area contributed by atoms with Crippen LogP contribution in [0.4, 0.5) is 4.39 Å². The number of aromatic carboxylic acids is 1. The van der Waals surface area contributed by atoms with Crippen LogP contribution in [0.25, 0.3) is 44.3 Å². The first kappa shape index (κ1) is 28.2. The number of halogens is 1. The largest absolute Gasteiger partial charge is 0.478 e. The number of ether oxygens (including phenoxy) is 1. The lowest BCUT2D eigenvalue weighted by molar-refractivity contribution is -0.135. The number of hydrogen-bond acceptors (Lipinski definition) is 4. The van der Waals surface area contributed by atoms with E-state index in [9.17, 15) is 19.1 Å². The number of pyridine rings is 1. The zero-order chi connectivity index (χ0) is 30.2. The molecule has 1 aliphatic carbocycles. The summed E-state index contributed by atoms with van der Waals surface area (Å²) >= 11 is 0. The van der Waals surface area contributed by atoms with Gasteiger partial charge >= 0.3 is 5.97 Å². The van der Waals surface area contributed by atoms with Crippen molar-refractivity contribution in [3.05, 3.63) is 89.7 Å². The van der Waals surface area contributed by atoms with E-state index in [-0.39, 0.29) is 23.8 Å². The molecule has 7 rings (SSSR count). The Morgan fingerprint density at radius 2 is 1.73 bits per heavy atom. The number of aromatic nitrogens is 2. The Morgan fingerprint density at radius 3 is 2.50 bits per heavy atom. The monoisotopic (exact) mass is 591 g/mol. The van der Waals surface area contributed by atoms with Crippen molar-refractivity contribution in [2.45, 2.75) is 44.6 Å². The average Bonchev–Trinajstić information content (AvgIpc) is 3.38. The van der Waals surface area contributed by atoms with Gasteiger partial charge in [-0.1, -0.05) is 49.6 Å². The van der Waals surface area contributed by atoms with Crippen molar-refractivity contribution in [1.29, 1.82) is 0 Å². The number of benzene rings is 3. The zero-order valence-corrected chi connectivity index (χ0v) is 24.5. The summed E-state index contributed by atoms with van der Waals surface area (Å²) in [6, 6.07) is 21.8. The Morgan fingerprint density at radius 1 is 0.909 bits per heavy atom. The van der Waals surface area contributed by atoms with Gasteiger partial charge in [0, 0.05) is 29.4 Å². The molecule has 1 amide bonds. The fraction of sp³-hybridized carbons (Fsp3) is 0.306. The predicted octanol–water partition coefficient (Wildman–Crippen LogP) is 7.27. The number of fused-ring (bicyclic) bond motifs is 2. The van der Waals surface area contributed by atoms with Gasteiger partial charge in [0.05, 0.1) is 41.2 Å². The lowest BCUT2D eigenvalue weighted by atomic mass is 9.81. The van der Waals surface area contributed by atoms with Crippen LogP contribution in [0, 0.1) is 5.82 Å². The van der Waals surface area contributed by atoms with Crippen LogP contribution in [0.15, 0.2) is 72.8 Å². The number of carbonyl (C=O) groups is 2. The van der Waals surface area contributed by atoms with E-state index in [1.165, 1.54) is 24.1 Å². The summed E-state index contributed by atoms with van der Waals surface area (Å²) in [4.78, 5) is 32.4. The summed E-state index contributed by atoms with van der Waals surface area (Å²) in [6.07, 6.45) is 5.59. The summed E-state index contributed by atoms with van der Waals surface area (Å²) in [5.41, 5.74) is 6.27. The fourth-order valence-corrected chi connectivity index (χ4v) is 6.92. The van der Waals surface area contributed by atoms with Gasteiger partial charge in [0.25, 0.3) is 0 Å². The number of carboxylic acid groups (broad SMARTS) is 1. The molecule has 224 valence electrons. The molecule has 5 aromatic rings. The molecule has 0 unspecified atom stereocenters. The summed E-state index contributed by atoms with van der Waals surface area (Å²) < 4.78 is 21.4. The van der Waals surface area contributed by atoms with Crippen molar-refractivity contribution in [2.75, 3.05) is 26.3 Å². The molecule has 0 spiro atoms. The maximum absolute atomic E-state index is 13.9. The summed E-state index contributed by atoms with van der Waals surface area (Å²) in [6.45, 7) is 2.21. The first-order valence-corrected chi connectivity index (χ1v) is 15.4.